The number of carboxylic acids is 2. The van der Waals surface area contributed by atoms with Gasteiger partial charge in [0.2, 0.25) is 0 Å². The van der Waals surface area contributed by atoms with Gasteiger partial charge < -0.3 is 19.8 Å². The van der Waals surface area contributed by atoms with Crippen molar-refractivity contribution in [1.82, 2.24) is 4.90 Å². The van der Waals surface area contributed by atoms with Gasteiger partial charge in [0.25, 0.3) is 0 Å². The summed E-state index contributed by atoms with van der Waals surface area (Å²) in [4.78, 5) is 31.7. The number of carbonyl (C=O) groups is 3. The van der Waals surface area contributed by atoms with Crippen molar-refractivity contribution in [1.29, 1.82) is 0 Å². The van der Waals surface area contributed by atoms with E-state index in [4.69, 9.17) is 15.0 Å². The third-order valence-electron chi connectivity index (χ3n) is 2.21. The van der Waals surface area contributed by atoms with Gasteiger partial charge in [0, 0.05) is 13.1 Å². The highest BCUT2D eigenvalue weighted by atomic mass is 19.4. The normalized spacial score (nSPS) is 18.3. The van der Waals surface area contributed by atoms with Crippen molar-refractivity contribution in [3.8, 4) is 0 Å². The van der Waals surface area contributed by atoms with Gasteiger partial charge in [-0.2, -0.15) is 13.2 Å². The Kier molecular flexibility index (Phi) is 6.09. The zero-order valence-electron chi connectivity index (χ0n) is 9.81. The van der Waals surface area contributed by atoms with Gasteiger partial charge in [-0.15, -0.1) is 0 Å². The van der Waals surface area contributed by atoms with Crippen molar-refractivity contribution in [2.24, 2.45) is 5.92 Å². The summed E-state index contributed by atoms with van der Waals surface area (Å²) in [6, 6.07) is 0. The highest BCUT2D eigenvalue weighted by molar-refractivity contribution is 5.74. The molecule has 7 nitrogen and oxygen atoms in total. The zero-order valence-corrected chi connectivity index (χ0v) is 9.81. The van der Waals surface area contributed by atoms with E-state index in [-0.39, 0.29) is 6.54 Å². The zero-order chi connectivity index (χ0) is 15.2. The number of likely N-dealkylation sites (tertiary alicyclic amines) is 1. The van der Waals surface area contributed by atoms with Crippen molar-refractivity contribution in [2.75, 3.05) is 20.2 Å². The molecule has 2 N–H and O–H groups in total. The molecule has 19 heavy (non-hydrogen) atoms. The average molecular weight is 287 g/mol. The Labute approximate surface area is 105 Å². The molecule has 1 heterocycles. The van der Waals surface area contributed by atoms with Gasteiger partial charge in [0.15, 0.2) is 0 Å². The molecule has 0 bridgehead atoms. The van der Waals surface area contributed by atoms with Crippen LogP contribution >= 0.6 is 0 Å². The molecule has 0 spiro atoms. The molecule has 0 aromatic carbocycles. The number of hydrogen-bond donors (Lipinski definition) is 2. The number of methoxy groups -OCH3 is 1. The maximum absolute atomic E-state index is 10.9. The monoisotopic (exact) mass is 287 g/mol. The molecule has 1 amide bonds. The molecule has 0 aromatic rings. The molecule has 10 heteroatoms. The van der Waals surface area contributed by atoms with Crippen LogP contribution in [0.4, 0.5) is 18.0 Å². The minimum Gasteiger partial charge on any atom is -0.481 e. The van der Waals surface area contributed by atoms with Crippen molar-refractivity contribution >= 4 is 18.0 Å². The molecule has 1 unspecified atom stereocenters. The Morgan fingerprint density at radius 2 is 1.74 bits per heavy atom. The van der Waals surface area contributed by atoms with Gasteiger partial charge in [-0.25, -0.2) is 9.59 Å². The number of carboxylic acid groups (broad SMARTS) is 2. The number of amides is 1. The summed E-state index contributed by atoms with van der Waals surface area (Å²) in [5.74, 6) is -4.03. The van der Waals surface area contributed by atoms with Crippen LogP contribution in [0.2, 0.25) is 0 Å². The number of ether oxygens (including phenoxy) is 1. The molecule has 110 valence electrons. The largest absolute Gasteiger partial charge is 0.490 e. The fourth-order valence-electron chi connectivity index (χ4n) is 1.26. The summed E-state index contributed by atoms with van der Waals surface area (Å²) in [6.07, 6.45) is -5.01. The van der Waals surface area contributed by atoms with Gasteiger partial charge in [0.1, 0.15) is 0 Å². The molecule has 1 aliphatic rings. The van der Waals surface area contributed by atoms with Crippen molar-refractivity contribution in [2.45, 2.75) is 12.6 Å². The summed E-state index contributed by atoms with van der Waals surface area (Å²) in [5, 5.41) is 15.7. The topological polar surface area (TPSA) is 104 Å². The summed E-state index contributed by atoms with van der Waals surface area (Å²) in [7, 11) is 1.29. The first-order valence-electron chi connectivity index (χ1n) is 4.95. The third-order valence-corrected chi connectivity index (χ3v) is 2.21. The predicted molar refractivity (Wildman–Crippen MR) is 53.4 cm³/mol. The minimum absolute atomic E-state index is 0.266. The molecule has 0 aliphatic carbocycles. The van der Waals surface area contributed by atoms with E-state index in [1.807, 2.05) is 0 Å². The Morgan fingerprint density at radius 3 is 2.00 bits per heavy atom. The van der Waals surface area contributed by atoms with Crippen LogP contribution in [-0.2, 0) is 14.3 Å². The number of rotatable bonds is 1. The van der Waals surface area contributed by atoms with Gasteiger partial charge in [0.05, 0.1) is 13.0 Å². The molecular formula is C9H12F3NO6. The number of carbonyl (C=O) groups excluding carboxylic acids is 1. The van der Waals surface area contributed by atoms with E-state index in [9.17, 15) is 22.8 Å². The number of nitrogens with zero attached hydrogens (tertiary/aromatic N) is 1. The van der Waals surface area contributed by atoms with Crippen LogP contribution in [0.5, 0.6) is 0 Å². The SMILES string of the molecule is COC(=O)N1CCC(C(=O)O)C1.O=C(O)C(F)(F)F. The lowest BCUT2D eigenvalue weighted by Crippen LogP contribution is -2.29. The molecule has 1 aliphatic heterocycles. The lowest BCUT2D eigenvalue weighted by Gasteiger charge is -2.12. The van der Waals surface area contributed by atoms with E-state index in [0.29, 0.717) is 13.0 Å². The lowest BCUT2D eigenvalue weighted by atomic mass is 10.1. The predicted octanol–water partition coefficient (Wildman–Crippen LogP) is 0.793. The summed E-state index contributed by atoms with van der Waals surface area (Å²) >= 11 is 0. The van der Waals surface area contributed by atoms with E-state index in [2.05, 4.69) is 4.74 Å². The van der Waals surface area contributed by atoms with Crippen LogP contribution in [0.1, 0.15) is 6.42 Å². The van der Waals surface area contributed by atoms with Crippen LogP contribution in [0, 0.1) is 5.92 Å². The van der Waals surface area contributed by atoms with Crippen LogP contribution < -0.4 is 0 Å². The molecule has 1 saturated heterocycles. The van der Waals surface area contributed by atoms with Crippen molar-refractivity contribution in [3.05, 3.63) is 0 Å². The molecule has 0 saturated carbocycles. The molecule has 0 aromatic heterocycles. The smallest absolute Gasteiger partial charge is 0.481 e. The van der Waals surface area contributed by atoms with Gasteiger partial charge in [-0.05, 0) is 6.42 Å². The Hall–Kier alpha value is -2.00. The maximum atomic E-state index is 10.9. The van der Waals surface area contributed by atoms with E-state index < -0.39 is 30.1 Å². The Bertz CT molecular complexity index is 356. The first kappa shape index (κ1) is 17.0. The number of hydrogen-bond acceptors (Lipinski definition) is 4. The van der Waals surface area contributed by atoms with Gasteiger partial charge >= 0.3 is 24.2 Å². The highest BCUT2D eigenvalue weighted by Crippen LogP contribution is 2.16. The second-order valence-corrected chi connectivity index (χ2v) is 3.54. The standard InChI is InChI=1S/C7H11NO4.C2HF3O2/c1-12-7(11)8-3-2-5(4-8)6(9)10;3-2(4,5)1(6)7/h5H,2-4H2,1H3,(H,9,10);(H,6,7). The van der Waals surface area contributed by atoms with Crippen LogP contribution in [-0.4, -0.2) is 59.5 Å². The highest BCUT2D eigenvalue weighted by Gasteiger charge is 2.38. The molecule has 1 rings (SSSR count). The van der Waals surface area contributed by atoms with Crippen LogP contribution in [0.15, 0.2) is 0 Å². The first-order valence-corrected chi connectivity index (χ1v) is 4.95. The molecule has 1 fully saturated rings. The Balaban J connectivity index is 0.000000399. The fourth-order valence-corrected chi connectivity index (χ4v) is 1.26. The fraction of sp³-hybridized carbons (Fsp3) is 0.667. The minimum atomic E-state index is -5.08. The second kappa shape index (κ2) is 6.81. The number of alkyl halides is 3. The molecular weight excluding hydrogens is 275 g/mol. The summed E-state index contributed by atoms with van der Waals surface area (Å²) in [5.41, 5.74) is 0. The average Bonchev–Trinajstić information content (AvgIpc) is 2.76. The van der Waals surface area contributed by atoms with Crippen molar-refractivity contribution < 1.29 is 42.5 Å². The van der Waals surface area contributed by atoms with Gasteiger partial charge in [-0.3, -0.25) is 4.79 Å². The summed E-state index contributed by atoms with van der Waals surface area (Å²) in [6.45, 7) is 0.742. The van der Waals surface area contributed by atoms with Crippen molar-refractivity contribution in [3.63, 3.8) is 0 Å². The molecule has 1 atom stereocenters. The van der Waals surface area contributed by atoms with Gasteiger partial charge in [-0.1, -0.05) is 0 Å². The van der Waals surface area contributed by atoms with E-state index >= 15 is 0 Å². The lowest BCUT2D eigenvalue weighted by molar-refractivity contribution is -0.192. The van der Waals surface area contributed by atoms with Crippen LogP contribution in [0.25, 0.3) is 0 Å². The third kappa shape index (κ3) is 5.93. The van der Waals surface area contributed by atoms with E-state index in [1.54, 1.807) is 0 Å². The first-order chi connectivity index (χ1) is 8.59. The number of aliphatic carboxylic acids is 2. The number of halogens is 3. The molecule has 0 radical (unpaired) electrons. The van der Waals surface area contributed by atoms with Crippen LogP contribution in [0.3, 0.4) is 0 Å². The van der Waals surface area contributed by atoms with E-state index in [0.717, 1.165) is 0 Å². The Morgan fingerprint density at radius 1 is 1.26 bits per heavy atom. The summed E-state index contributed by atoms with van der Waals surface area (Å²) < 4.78 is 36.2. The van der Waals surface area contributed by atoms with E-state index in [1.165, 1.54) is 12.0 Å². The quantitative estimate of drug-likeness (QED) is 0.739. The second-order valence-electron chi connectivity index (χ2n) is 3.54. The maximum Gasteiger partial charge on any atom is 0.490 e.